The van der Waals surface area contributed by atoms with Crippen LogP contribution in [0.3, 0.4) is 0 Å². The van der Waals surface area contributed by atoms with Crippen LogP contribution >= 0.6 is 0 Å². The number of likely N-dealkylation sites (tertiary alicyclic amines) is 1. The van der Waals surface area contributed by atoms with Crippen LogP contribution in [0.2, 0.25) is 0 Å². The highest BCUT2D eigenvalue weighted by Gasteiger charge is 2.30. The minimum absolute atomic E-state index is 0.0748. The zero-order valence-corrected chi connectivity index (χ0v) is 14.5. The molecule has 7 heteroatoms. The van der Waals surface area contributed by atoms with Gasteiger partial charge in [0.1, 0.15) is 6.04 Å². The highest BCUT2D eigenvalue weighted by molar-refractivity contribution is 6.04. The fraction of sp³-hybridized carbons (Fsp3) is 0.500. The second-order valence-electron chi connectivity index (χ2n) is 6.90. The highest BCUT2D eigenvalue weighted by atomic mass is 16.2. The van der Waals surface area contributed by atoms with Gasteiger partial charge in [-0.2, -0.15) is 0 Å². The molecule has 1 aromatic carbocycles. The Bertz CT molecular complexity index is 673. The smallest absolute Gasteiger partial charge is 0.322 e. The molecule has 0 bridgehead atoms. The van der Waals surface area contributed by atoms with Gasteiger partial charge in [0.05, 0.1) is 0 Å². The molecular formula is C18H24N4O3. The molecule has 1 aromatic rings. The van der Waals surface area contributed by atoms with E-state index in [1.54, 1.807) is 0 Å². The molecule has 0 unspecified atom stereocenters. The Hall–Kier alpha value is -2.57. The summed E-state index contributed by atoms with van der Waals surface area (Å²) in [4.78, 5) is 37.1. The summed E-state index contributed by atoms with van der Waals surface area (Å²) in [5, 5.41) is 7.73. The van der Waals surface area contributed by atoms with E-state index < -0.39 is 12.1 Å². The molecule has 3 N–H and O–H groups in total. The van der Waals surface area contributed by atoms with Gasteiger partial charge >= 0.3 is 12.1 Å². The first-order valence-electron chi connectivity index (χ1n) is 8.72. The summed E-state index contributed by atoms with van der Waals surface area (Å²) in [5.41, 5.74) is 1.64. The van der Waals surface area contributed by atoms with Gasteiger partial charge in [-0.25, -0.2) is 9.59 Å². The van der Waals surface area contributed by atoms with Gasteiger partial charge < -0.3 is 15.5 Å². The lowest BCUT2D eigenvalue weighted by Crippen LogP contribution is -2.47. The third kappa shape index (κ3) is 3.92. The maximum Gasteiger partial charge on any atom is 0.322 e. The van der Waals surface area contributed by atoms with Crippen LogP contribution in [-0.4, -0.2) is 41.5 Å². The van der Waals surface area contributed by atoms with E-state index >= 15 is 0 Å². The second kappa shape index (κ2) is 7.13. The normalized spacial score (nSPS) is 26.2. The molecule has 3 atom stereocenters. The number of hydrogen-bond donors (Lipinski definition) is 3. The molecule has 0 aromatic heterocycles. The van der Waals surface area contributed by atoms with E-state index in [9.17, 15) is 14.4 Å². The number of hydrogen-bond acceptors (Lipinski definition) is 3. The number of anilines is 1. The number of urea groups is 2. The van der Waals surface area contributed by atoms with Crippen LogP contribution in [0.5, 0.6) is 0 Å². The van der Waals surface area contributed by atoms with Crippen molar-refractivity contribution in [1.29, 1.82) is 0 Å². The minimum atomic E-state index is -0.538. The first-order chi connectivity index (χ1) is 11.9. The van der Waals surface area contributed by atoms with Crippen LogP contribution < -0.4 is 16.0 Å². The van der Waals surface area contributed by atoms with Crippen molar-refractivity contribution in [3.8, 4) is 0 Å². The van der Waals surface area contributed by atoms with Gasteiger partial charge in [0, 0.05) is 24.7 Å². The average Bonchev–Trinajstić information content (AvgIpc) is 2.89. The Morgan fingerprint density at radius 2 is 1.96 bits per heavy atom. The number of rotatable bonds is 3. The second-order valence-corrected chi connectivity index (χ2v) is 6.90. The van der Waals surface area contributed by atoms with E-state index in [4.69, 9.17) is 0 Å². The summed E-state index contributed by atoms with van der Waals surface area (Å²) >= 11 is 0. The Kier molecular flexibility index (Phi) is 4.92. The van der Waals surface area contributed by atoms with Crippen molar-refractivity contribution in [2.24, 2.45) is 5.92 Å². The van der Waals surface area contributed by atoms with E-state index in [-0.39, 0.29) is 18.0 Å². The van der Waals surface area contributed by atoms with E-state index in [2.05, 4.69) is 29.8 Å². The van der Waals surface area contributed by atoms with Crippen LogP contribution in [-0.2, 0) is 11.2 Å². The monoisotopic (exact) mass is 344 g/mol. The summed E-state index contributed by atoms with van der Waals surface area (Å²) in [6.07, 6.45) is 2.62. The van der Waals surface area contributed by atoms with Crippen LogP contribution in [0.4, 0.5) is 15.3 Å². The molecule has 0 saturated carbocycles. The fourth-order valence-electron chi connectivity index (χ4n) is 3.38. The van der Waals surface area contributed by atoms with Gasteiger partial charge in [-0.3, -0.25) is 10.1 Å². The number of amides is 5. The maximum absolute atomic E-state index is 12.5. The molecule has 0 spiro atoms. The Morgan fingerprint density at radius 1 is 1.24 bits per heavy atom. The first-order valence-corrected chi connectivity index (χ1v) is 8.72. The summed E-state index contributed by atoms with van der Waals surface area (Å²) in [5.74, 6) is 0.199. The molecular weight excluding hydrogens is 320 g/mol. The summed E-state index contributed by atoms with van der Waals surface area (Å²) in [7, 11) is 0. The predicted octanol–water partition coefficient (Wildman–Crippen LogP) is 2.09. The Labute approximate surface area is 147 Å². The van der Waals surface area contributed by atoms with E-state index in [0.29, 0.717) is 12.3 Å². The van der Waals surface area contributed by atoms with Crippen molar-refractivity contribution in [3.63, 3.8) is 0 Å². The molecule has 2 saturated heterocycles. The number of carbonyl (C=O) groups excluding carboxylic acids is 3. The quantitative estimate of drug-likeness (QED) is 0.733. The minimum Gasteiger partial charge on any atom is -0.326 e. The molecule has 5 amide bonds. The Morgan fingerprint density at radius 3 is 2.60 bits per heavy atom. The third-order valence-corrected chi connectivity index (χ3v) is 5.14. The van der Waals surface area contributed by atoms with Crippen LogP contribution in [0.15, 0.2) is 24.3 Å². The molecule has 2 fully saturated rings. The molecule has 25 heavy (non-hydrogen) atoms. The van der Waals surface area contributed by atoms with Crippen molar-refractivity contribution < 1.29 is 14.4 Å². The summed E-state index contributed by atoms with van der Waals surface area (Å²) in [6.45, 7) is 5.05. The van der Waals surface area contributed by atoms with Gasteiger partial charge in [0.15, 0.2) is 0 Å². The zero-order valence-electron chi connectivity index (χ0n) is 14.5. The topological polar surface area (TPSA) is 90.5 Å². The maximum atomic E-state index is 12.5. The number of carbonyl (C=O) groups is 3. The van der Waals surface area contributed by atoms with Crippen molar-refractivity contribution >= 4 is 23.7 Å². The van der Waals surface area contributed by atoms with Gasteiger partial charge in [-0.15, -0.1) is 0 Å². The standard InChI is InChI=1S/C18H24N4O3/c1-11-4-3-9-22(12(11)2)18(25)19-14-7-5-13(6-8-14)10-15-16(23)21-17(24)20-15/h5-8,11-12,15H,3-4,9-10H2,1-2H3,(H,19,25)(H2,20,21,23,24)/t11-,12+,15-/m1/s1. The van der Waals surface area contributed by atoms with E-state index in [0.717, 1.165) is 30.6 Å². The van der Waals surface area contributed by atoms with Gasteiger partial charge in [-0.1, -0.05) is 19.1 Å². The van der Waals surface area contributed by atoms with E-state index in [1.165, 1.54) is 0 Å². The van der Waals surface area contributed by atoms with Crippen LogP contribution in [0, 0.1) is 5.92 Å². The van der Waals surface area contributed by atoms with Gasteiger partial charge in [0.2, 0.25) is 0 Å². The molecule has 7 nitrogen and oxygen atoms in total. The SMILES string of the molecule is C[C@@H]1CCCN(C(=O)Nc2ccc(C[C@H]3NC(=O)NC3=O)cc2)[C@H]1C. The van der Waals surface area contributed by atoms with Crippen molar-refractivity contribution in [2.45, 2.75) is 45.2 Å². The number of nitrogens with one attached hydrogen (secondary N) is 3. The lowest BCUT2D eigenvalue weighted by atomic mass is 9.92. The van der Waals surface area contributed by atoms with Crippen molar-refractivity contribution in [3.05, 3.63) is 29.8 Å². The lowest BCUT2D eigenvalue weighted by molar-refractivity contribution is -0.120. The van der Waals surface area contributed by atoms with Gasteiger partial charge in [-0.05, 0) is 43.4 Å². The molecule has 0 radical (unpaired) electrons. The highest BCUT2D eigenvalue weighted by Crippen LogP contribution is 2.23. The number of benzene rings is 1. The lowest BCUT2D eigenvalue weighted by Gasteiger charge is -2.37. The largest absolute Gasteiger partial charge is 0.326 e. The van der Waals surface area contributed by atoms with Crippen LogP contribution in [0.1, 0.15) is 32.3 Å². The molecule has 2 aliphatic rings. The molecule has 2 aliphatic heterocycles. The van der Waals surface area contributed by atoms with Crippen LogP contribution in [0.25, 0.3) is 0 Å². The Balaban J connectivity index is 1.58. The average molecular weight is 344 g/mol. The predicted molar refractivity (Wildman–Crippen MR) is 94.2 cm³/mol. The number of imide groups is 1. The zero-order chi connectivity index (χ0) is 18.0. The molecule has 2 heterocycles. The first kappa shape index (κ1) is 17.3. The molecule has 0 aliphatic carbocycles. The summed E-state index contributed by atoms with van der Waals surface area (Å²) in [6, 6.07) is 6.52. The van der Waals surface area contributed by atoms with Gasteiger partial charge in [0.25, 0.3) is 5.91 Å². The molecule has 3 rings (SSSR count). The number of nitrogens with zero attached hydrogens (tertiary/aromatic N) is 1. The fourth-order valence-corrected chi connectivity index (χ4v) is 3.38. The van der Waals surface area contributed by atoms with Crippen molar-refractivity contribution in [1.82, 2.24) is 15.5 Å². The van der Waals surface area contributed by atoms with Crippen molar-refractivity contribution in [2.75, 3.05) is 11.9 Å². The number of piperidine rings is 1. The van der Waals surface area contributed by atoms with E-state index in [1.807, 2.05) is 29.2 Å². The molecule has 134 valence electrons. The summed E-state index contributed by atoms with van der Waals surface area (Å²) < 4.78 is 0. The third-order valence-electron chi connectivity index (χ3n) is 5.14.